The normalized spacial score (nSPS) is 16.2. The van der Waals surface area contributed by atoms with Crippen LogP contribution < -0.4 is 5.32 Å². The fourth-order valence-electron chi connectivity index (χ4n) is 3.60. The van der Waals surface area contributed by atoms with Crippen molar-refractivity contribution in [3.05, 3.63) is 64.8 Å². The van der Waals surface area contributed by atoms with Gasteiger partial charge in [0.25, 0.3) is 5.24 Å². The molecule has 28 heavy (non-hydrogen) atoms. The van der Waals surface area contributed by atoms with Gasteiger partial charge >= 0.3 is 0 Å². The van der Waals surface area contributed by atoms with E-state index in [0.717, 1.165) is 47.2 Å². The minimum absolute atomic E-state index is 0.0989. The average molecular weight is 413 g/mol. The van der Waals surface area contributed by atoms with Gasteiger partial charge in [0.2, 0.25) is 0 Å². The highest BCUT2D eigenvalue weighted by molar-refractivity contribution is 7.99. The van der Waals surface area contributed by atoms with E-state index < -0.39 is 5.24 Å². The maximum absolute atomic E-state index is 11.5. The summed E-state index contributed by atoms with van der Waals surface area (Å²) in [7, 11) is 0. The number of rotatable bonds is 4. The number of thioether (sulfide) groups is 1. The lowest BCUT2D eigenvalue weighted by Gasteiger charge is -2.19. The molecule has 1 atom stereocenters. The van der Waals surface area contributed by atoms with Gasteiger partial charge in [-0.2, -0.15) is 5.10 Å². The van der Waals surface area contributed by atoms with Crippen molar-refractivity contribution < 1.29 is 4.79 Å². The molecule has 0 radical (unpaired) electrons. The Labute approximate surface area is 173 Å². The van der Waals surface area contributed by atoms with E-state index in [0.29, 0.717) is 5.56 Å². The molecule has 4 rings (SSSR count). The number of hydrogen-bond donors (Lipinski definition) is 1. The third-order valence-corrected chi connectivity index (χ3v) is 6.40. The number of nitrogens with one attached hydrogen (secondary N) is 1. The van der Waals surface area contributed by atoms with E-state index in [2.05, 4.69) is 17.2 Å². The van der Waals surface area contributed by atoms with E-state index >= 15 is 0 Å². The van der Waals surface area contributed by atoms with E-state index in [1.807, 2.05) is 53.7 Å². The first-order valence-corrected chi connectivity index (χ1v) is 10.7. The number of benzene rings is 1. The summed E-state index contributed by atoms with van der Waals surface area (Å²) in [5, 5.41) is 8.10. The van der Waals surface area contributed by atoms with Gasteiger partial charge in [0.1, 0.15) is 11.5 Å². The Kier molecular flexibility index (Phi) is 5.42. The zero-order valence-electron chi connectivity index (χ0n) is 15.8. The van der Waals surface area contributed by atoms with Crippen LogP contribution in [-0.4, -0.2) is 32.3 Å². The molecule has 1 N–H and O–H groups in total. The minimum atomic E-state index is -0.432. The molecule has 0 bridgehead atoms. The Balaban J connectivity index is 1.91. The van der Waals surface area contributed by atoms with Crippen LogP contribution in [0.25, 0.3) is 11.4 Å². The van der Waals surface area contributed by atoms with Crippen molar-refractivity contribution in [2.24, 2.45) is 0 Å². The molecule has 0 spiro atoms. The topological polar surface area (TPSA) is 59.8 Å². The van der Waals surface area contributed by atoms with Gasteiger partial charge < -0.3 is 5.32 Å². The van der Waals surface area contributed by atoms with Gasteiger partial charge in [-0.1, -0.05) is 12.1 Å². The monoisotopic (exact) mass is 412 g/mol. The molecule has 3 heterocycles. The molecule has 7 heteroatoms. The first kappa shape index (κ1) is 19.0. The second-order valence-corrected chi connectivity index (χ2v) is 8.22. The van der Waals surface area contributed by atoms with Gasteiger partial charge in [-0.25, -0.2) is 4.68 Å². The molecule has 1 aliphatic heterocycles. The smallest absolute Gasteiger partial charge is 0.252 e. The lowest BCUT2D eigenvalue weighted by Crippen LogP contribution is -2.08. The van der Waals surface area contributed by atoms with E-state index in [1.54, 1.807) is 12.3 Å². The van der Waals surface area contributed by atoms with E-state index in [4.69, 9.17) is 16.7 Å². The van der Waals surface area contributed by atoms with Crippen molar-refractivity contribution in [3.8, 4) is 11.4 Å². The summed E-state index contributed by atoms with van der Waals surface area (Å²) in [6, 6.07) is 11.6. The SMILES string of the molecule is CCn1nc(-c2ccccn2)c2c1NCCSC2c1ccc(C(=O)Cl)cc1C. The van der Waals surface area contributed by atoms with Crippen LogP contribution in [0.15, 0.2) is 42.6 Å². The predicted octanol–water partition coefficient (Wildman–Crippen LogP) is 4.90. The zero-order valence-corrected chi connectivity index (χ0v) is 17.3. The van der Waals surface area contributed by atoms with Crippen LogP contribution >= 0.6 is 23.4 Å². The third kappa shape index (κ3) is 3.42. The van der Waals surface area contributed by atoms with Gasteiger partial charge in [-0.05, 0) is 60.8 Å². The first-order chi connectivity index (χ1) is 13.6. The highest BCUT2D eigenvalue weighted by Crippen LogP contribution is 2.46. The van der Waals surface area contributed by atoms with Crippen molar-refractivity contribution in [3.63, 3.8) is 0 Å². The lowest BCUT2D eigenvalue weighted by molar-refractivity contribution is 0.108. The van der Waals surface area contributed by atoms with Crippen LogP contribution in [-0.2, 0) is 6.54 Å². The fraction of sp³-hybridized carbons (Fsp3) is 0.286. The summed E-state index contributed by atoms with van der Waals surface area (Å²) in [4.78, 5) is 16.1. The summed E-state index contributed by atoms with van der Waals surface area (Å²) >= 11 is 7.55. The second kappa shape index (κ2) is 7.97. The summed E-state index contributed by atoms with van der Waals surface area (Å²) < 4.78 is 2.02. The van der Waals surface area contributed by atoms with E-state index in [-0.39, 0.29) is 5.25 Å². The maximum Gasteiger partial charge on any atom is 0.252 e. The Bertz CT molecular complexity index is 1020. The summed E-state index contributed by atoms with van der Waals surface area (Å²) in [6.07, 6.45) is 1.80. The maximum atomic E-state index is 11.5. The third-order valence-electron chi connectivity index (χ3n) is 4.92. The molecule has 0 amide bonds. The lowest BCUT2D eigenvalue weighted by atomic mass is 9.97. The molecule has 144 valence electrons. The number of aryl methyl sites for hydroxylation is 2. The van der Waals surface area contributed by atoms with Gasteiger partial charge in [0, 0.05) is 36.2 Å². The number of nitrogens with zero attached hydrogens (tertiary/aromatic N) is 3. The number of carbonyl (C=O) groups excluding carboxylic acids is 1. The Morgan fingerprint density at radius 3 is 2.89 bits per heavy atom. The summed E-state index contributed by atoms with van der Waals surface area (Å²) in [5.41, 5.74) is 5.66. The van der Waals surface area contributed by atoms with Crippen molar-refractivity contribution in [1.29, 1.82) is 0 Å². The van der Waals surface area contributed by atoms with Crippen LogP contribution in [0, 0.1) is 6.92 Å². The molecule has 0 saturated heterocycles. The molecule has 1 aromatic carbocycles. The van der Waals surface area contributed by atoms with Crippen LogP contribution in [0.2, 0.25) is 0 Å². The van der Waals surface area contributed by atoms with Crippen LogP contribution in [0.4, 0.5) is 5.82 Å². The summed E-state index contributed by atoms with van der Waals surface area (Å²) in [6.45, 7) is 5.77. The van der Waals surface area contributed by atoms with Crippen molar-refractivity contribution >= 4 is 34.4 Å². The van der Waals surface area contributed by atoms with Gasteiger partial charge in [0.05, 0.1) is 10.9 Å². The second-order valence-electron chi connectivity index (χ2n) is 6.66. The molecule has 1 aliphatic rings. The predicted molar refractivity (Wildman–Crippen MR) is 115 cm³/mol. The average Bonchev–Trinajstić information content (AvgIpc) is 2.94. The van der Waals surface area contributed by atoms with E-state index in [1.165, 1.54) is 5.56 Å². The van der Waals surface area contributed by atoms with Gasteiger partial charge in [-0.3, -0.25) is 9.78 Å². The molecule has 5 nitrogen and oxygen atoms in total. The highest BCUT2D eigenvalue weighted by atomic mass is 35.5. The molecular weight excluding hydrogens is 392 g/mol. The minimum Gasteiger partial charge on any atom is -0.369 e. The Hall–Kier alpha value is -2.31. The first-order valence-electron chi connectivity index (χ1n) is 9.28. The Morgan fingerprint density at radius 1 is 1.36 bits per heavy atom. The van der Waals surface area contributed by atoms with Crippen LogP contribution in [0.1, 0.15) is 39.2 Å². The zero-order chi connectivity index (χ0) is 19.7. The number of aromatic nitrogens is 3. The van der Waals surface area contributed by atoms with Gasteiger partial charge in [-0.15, -0.1) is 11.8 Å². The van der Waals surface area contributed by atoms with Crippen molar-refractivity contribution in [2.75, 3.05) is 17.6 Å². The van der Waals surface area contributed by atoms with Gasteiger partial charge in [0.15, 0.2) is 0 Å². The molecule has 0 fully saturated rings. The fourth-order valence-corrected chi connectivity index (χ4v) is 5.01. The summed E-state index contributed by atoms with van der Waals surface area (Å²) in [5.74, 6) is 2.02. The number of carbonyl (C=O) groups is 1. The standard InChI is InChI=1S/C21H21ClN4OS/c1-3-26-21-17(18(25-26)16-6-4-5-9-23-16)19(28-11-10-24-21)15-8-7-14(20(22)27)12-13(15)2/h4-9,12,19,24H,3,10-11H2,1-2H3. The quantitative estimate of drug-likeness (QED) is 0.617. The molecule has 0 saturated carbocycles. The molecule has 3 aromatic rings. The van der Waals surface area contributed by atoms with Crippen LogP contribution in [0.5, 0.6) is 0 Å². The molecule has 0 aliphatic carbocycles. The molecule has 2 aromatic heterocycles. The number of anilines is 1. The largest absolute Gasteiger partial charge is 0.369 e. The Morgan fingerprint density at radius 2 is 2.21 bits per heavy atom. The number of pyridine rings is 1. The van der Waals surface area contributed by atoms with E-state index in [9.17, 15) is 4.79 Å². The van der Waals surface area contributed by atoms with Crippen molar-refractivity contribution in [2.45, 2.75) is 25.6 Å². The highest BCUT2D eigenvalue weighted by Gasteiger charge is 2.30. The number of hydrogen-bond acceptors (Lipinski definition) is 5. The number of fused-ring (bicyclic) bond motifs is 1. The molecular formula is C21H21ClN4OS. The van der Waals surface area contributed by atoms with Crippen LogP contribution in [0.3, 0.4) is 0 Å². The van der Waals surface area contributed by atoms with Crippen molar-refractivity contribution in [1.82, 2.24) is 14.8 Å². The number of halogens is 1. The molecule has 1 unspecified atom stereocenters.